The summed E-state index contributed by atoms with van der Waals surface area (Å²) in [6.07, 6.45) is 1.06. The van der Waals surface area contributed by atoms with Gasteiger partial charge in [0.25, 0.3) is 0 Å². The zero-order valence-electron chi connectivity index (χ0n) is 12.0. The molecule has 1 atom stereocenters. The maximum Gasteiger partial charge on any atom is 0.241 e. The molecule has 1 saturated heterocycles. The molecule has 1 aliphatic rings. The quantitative estimate of drug-likeness (QED) is 0.853. The van der Waals surface area contributed by atoms with Crippen LogP contribution in [0.1, 0.15) is 25.1 Å². The monoisotopic (exact) mass is 380 g/mol. The first-order valence-corrected chi connectivity index (χ1v) is 9.88. The molecule has 2 heterocycles. The lowest BCUT2D eigenvalue weighted by Crippen LogP contribution is -2.33. The van der Waals surface area contributed by atoms with Crippen LogP contribution in [0.3, 0.4) is 0 Å². The summed E-state index contributed by atoms with van der Waals surface area (Å²) in [5.74, 6) is 0.412. The van der Waals surface area contributed by atoms with Gasteiger partial charge < -0.3 is 4.90 Å². The van der Waals surface area contributed by atoms with Gasteiger partial charge in [0.2, 0.25) is 10.0 Å². The molecule has 0 aromatic carbocycles. The van der Waals surface area contributed by atoms with E-state index in [4.69, 9.17) is 0 Å². The molecule has 4 nitrogen and oxygen atoms in total. The van der Waals surface area contributed by atoms with Gasteiger partial charge in [0, 0.05) is 24.0 Å². The van der Waals surface area contributed by atoms with Crippen molar-refractivity contribution in [3.05, 3.63) is 14.7 Å². The number of halogens is 1. The summed E-state index contributed by atoms with van der Waals surface area (Å²) in [6, 6.07) is 2.21. The molecule has 1 aromatic rings. The van der Waals surface area contributed by atoms with Crippen molar-refractivity contribution in [3.8, 4) is 0 Å². The summed E-state index contributed by atoms with van der Waals surface area (Å²) >= 11 is 4.78. The lowest BCUT2D eigenvalue weighted by Gasteiger charge is -2.20. The van der Waals surface area contributed by atoms with Crippen LogP contribution in [0.4, 0.5) is 0 Å². The Morgan fingerprint density at radius 3 is 2.75 bits per heavy atom. The highest BCUT2D eigenvalue weighted by Crippen LogP contribution is 2.29. The summed E-state index contributed by atoms with van der Waals surface area (Å²) in [5, 5.41) is 0. The molecule has 1 fully saturated rings. The van der Waals surface area contributed by atoms with E-state index < -0.39 is 10.0 Å². The summed E-state index contributed by atoms with van der Waals surface area (Å²) in [4.78, 5) is 3.61. The number of nitrogens with one attached hydrogen (secondary N) is 1. The molecule has 1 N–H and O–H groups in total. The van der Waals surface area contributed by atoms with E-state index in [0.29, 0.717) is 23.4 Å². The Morgan fingerprint density at radius 2 is 2.25 bits per heavy atom. The minimum absolute atomic E-state index is 0.396. The number of rotatable bonds is 5. The van der Waals surface area contributed by atoms with E-state index in [1.54, 1.807) is 6.07 Å². The van der Waals surface area contributed by atoms with Crippen LogP contribution in [0.15, 0.2) is 14.7 Å². The average molecular weight is 381 g/mol. The number of hydrogen-bond acceptors (Lipinski definition) is 4. The number of sulfonamides is 1. The number of thiophene rings is 1. The third-order valence-corrected chi connectivity index (χ3v) is 6.97. The fourth-order valence-electron chi connectivity index (χ4n) is 2.50. The van der Waals surface area contributed by atoms with Gasteiger partial charge in [0.15, 0.2) is 0 Å². The van der Waals surface area contributed by atoms with Crippen LogP contribution >= 0.6 is 27.3 Å². The minimum atomic E-state index is -3.38. The highest BCUT2D eigenvalue weighted by Gasteiger charge is 2.26. The van der Waals surface area contributed by atoms with E-state index in [1.807, 2.05) is 6.92 Å². The topological polar surface area (TPSA) is 49.4 Å². The first kappa shape index (κ1) is 16.4. The van der Waals surface area contributed by atoms with Gasteiger partial charge in [-0.25, -0.2) is 13.1 Å². The van der Waals surface area contributed by atoms with E-state index in [-0.39, 0.29) is 0 Å². The number of nitrogens with zero attached hydrogens (tertiary/aromatic N) is 1. The zero-order chi connectivity index (χ0) is 14.9. The molecule has 0 radical (unpaired) electrons. The predicted molar refractivity (Wildman–Crippen MR) is 86.8 cm³/mol. The predicted octanol–water partition coefficient (Wildman–Crippen LogP) is 2.83. The standard InChI is InChI=1S/C13H21BrN2O2S2/c1-9(2)16-5-4-11(8-16)7-15-20(17,18)12-6-13(14)19-10(12)3/h6,9,11,15H,4-5,7-8H2,1-3H3. The minimum Gasteiger partial charge on any atom is -0.301 e. The van der Waals surface area contributed by atoms with Crippen molar-refractivity contribution in [1.82, 2.24) is 9.62 Å². The largest absolute Gasteiger partial charge is 0.301 e. The lowest BCUT2D eigenvalue weighted by molar-refractivity contribution is 0.265. The van der Waals surface area contributed by atoms with Crippen molar-refractivity contribution in [1.29, 1.82) is 0 Å². The van der Waals surface area contributed by atoms with Crippen LogP contribution in [0, 0.1) is 12.8 Å². The van der Waals surface area contributed by atoms with Crippen molar-refractivity contribution < 1.29 is 8.42 Å². The lowest BCUT2D eigenvalue weighted by atomic mass is 10.1. The van der Waals surface area contributed by atoms with Crippen LogP contribution in [-0.2, 0) is 10.0 Å². The maximum atomic E-state index is 12.3. The normalized spacial score (nSPS) is 20.9. The summed E-state index contributed by atoms with van der Waals surface area (Å²) in [5.41, 5.74) is 0. The Hall–Kier alpha value is 0.0500. The van der Waals surface area contributed by atoms with E-state index in [1.165, 1.54) is 11.3 Å². The van der Waals surface area contributed by atoms with Gasteiger partial charge in [0.1, 0.15) is 0 Å². The van der Waals surface area contributed by atoms with Gasteiger partial charge in [-0.2, -0.15) is 0 Å². The summed E-state index contributed by atoms with van der Waals surface area (Å²) in [7, 11) is -3.38. The molecule has 0 aliphatic carbocycles. The van der Waals surface area contributed by atoms with Crippen molar-refractivity contribution in [2.45, 2.75) is 38.1 Å². The molecule has 0 amide bonds. The molecule has 0 spiro atoms. The van der Waals surface area contributed by atoms with Gasteiger partial charge in [-0.15, -0.1) is 11.3 Å². The fraction of sp³-hybridized carbons (Fsp3) is 0.692. The molecule has 1 aliphatic heterocycles. The van der Waals surface area contributed by atoms with Gasteiger partial charge >= 0.3 is 0 Å². The maximum absolute atomic E-state index is 12.3. The molecule has 0 bridgehead atoms. The second kappa shape index (κ2) is 6.44. The van der Waals surface area contributed by atoms with Crippen LogP contribution in [0.5, 0.6) is 0 Å². The Balaban J connectivity index is 1.95. The first-order valence-electron chi connectivity index (χ1n) is 6.79. The number of likely N-dealkylation sites (tertiary alicyclic amines) is 1. The average Bonchev–Trinajstić information content (AvgIpc) is 2.93. The van der Waals surface area contributed by atoms with Crippen molar-refractivity contribution in [2.75, 3.05) is 19.6 Å². The SMILES string of the molecule is Cc1sc(Br)cc1S(=O)(=O)NCC1CCN(C(C)C)C1. The highest BCUT2D eigenvalue weighted by molar-refractivity contribution is 9.11. The molecular weight excluding hydrogens is 360 g/mol. The third kappa shape index (κ3) is 3.82. The number of aryl methyl sites for hydroxylation is 1. The van der Waals surface area contributed by atoms with E-state index in [9.17, 15) is 8.42 Å². The Labute approximate surface area is 133 Å². The molecule has 1 unspecified atom stereocenters. The fourth-order valence-corrected chi connectivity index (χ4v) is 6.03. The van der Waals surface area contributed by atoms with Gasteiger partial charge in [-0.1, -0.05) is 0 Å². The summed E-state index contributed by atoms with van der Waals surface area (Å²) < 4.78 is 28.2. The highest BCUT2D eigenvalue weighted by atomic mass is 79.9. The smallest absolute Gasteiger partial charge is 0.241 e. The molecule has 20 heavy (non-hydrogen) atoms. The van der Waals surface area contributed by atoms with Crippen molar-refractivity contribution in [3.63, 3.8) is 0 Å². The van der Waals surface area contributed by atoms with Crippen LogP contribution in [0.25, 0.3) is 0 Å². The second-order valence-corrected chi connectivity index (χ2v) is 9.94. The van der Waals surface area contributed by atoms with Gasteiger partial charge in [0.05, 0.1) is 8.68 Å². The summed E-state index contributed by atoms with van der Waals surface area (Å²) in [6.45, 7) is 8.76. The number of hydrogen-bond donors (Lipinski definition) is 1. The Bertz CT molecular complexity index is 569. The second-order valence-electron chi connectivity index (χ2n) is 5.57. The van der Waals surface area contributed by atoms with Gasteiger partial charge in [-0.05, 0) is 61.7 Å². The first-order chi connectivity index (χ1) is 9.29. The third-order valence-electron chi connectivity index (χ3n) is 3.74. The van der Waals surface area contributed by atoms with Crippen LogP contribution in [0.2, 0.25) is 0 Å². The van der Waals surface area contributed by atoms with E-state index >= 15 is 0 Å². The zero-order valence-corrected chi connectivity index (χ0v) is 15.2. The van der Waals surface area contributed by atoms with E-state index in [2.05, 4.69) is 39.4 Å². The van der Waals surface area contributed by atoms with Crippen LogP contribution < -0.4 is 4.72 Å². The van der Waals surface area contributed by atoms with Gasteiger partial charge in [-0.3, -0.25) is 0 Å². The van der Waals surface area contributed by atoms with Crippen molar-refractivity contribution >= 4 is 37.3 Å². The molecule has 0 saturated carbocycles. The molecule has 1 aromatic heterocycles. The Morgan fingerprint density at radius 1 is 1.55 bits per heavy atom. The molecule has 7 heteroatoms. The Kier molecular flexibility index (Phi) is 5.29. The molecule has 114 valence electrons. The van der Waals surface area contributed by atoms with Crippen LogP contribution in [-0.4, -0.2) is 39.0 Å². The molecular formula is C13H21BrN2O2S2. The van der Waals surface area contributed by atoms with Crippen molar-refractivity contribution in [2.24, 2.45) is 5.92 Å². The van der Waals surface area contributed by atoms with E-state index in [0.717, 1.165) is 28.2 Å². The molecule has 2 rings (SSSR count).